The summed E-state index contributed by atoms with van der Waals surface area (Å²) in [5, 5.41) is 0. The highest BCUT2D eigenvalue weighted by Gasteiger charge is 2.18. The maximum absolute atomic E-state index is 2.57. The molecule has 0 N–H and O–H groups in total. The van der Waals surface area contributed by atoms with Gasteiger partial charge in [-0.3, -0.25) is 0 Å². The van der Waals surface area contributed by atoms with Crippen LogP contribution in [0.4, 0.5) is 0 Å². The Balaban J connectivity index is 1.54. The van der Waals surface area contributed by atoms with Gasteiger partial charge in [0.1, 0.15) is 18.1 Å². The predicted molar refractivity (Wildman–Crippen MR) is 200 cm³/mol. The van der Waals surface area contributed by atoms with Gasteiger partial charge in [0.05, 0.1) is 6.54 Å². The van der Waals surface area contributed by atoms with Crippen molar-refractivity contribution in [2.75, 3.05) is 0 Å². The van der Waals surface area contributed by atoms with Gasteiger partial charge >= 0.3 is 0 Å². The molecule has 0 saturated carbocycles. The lowest BCUT2D eigenvalue weighted by Gasteiger charge is -2.07. The molecule has 45 heavy (non-hydrogen) atoms. The lowest BCUT2D eigenvalue weighted by atomic mass is 10.0. The van der Waals surface area contributed by atoms with Crippen molar-refractivity contribution >= 4 is 0 Å². The van der Waals surface area contributed by atoms with Crippen LogP contribution in [0.2, 0.25) is 0 Å². The Morgan fingerprint density at radius 3 is 1.18 bits per heavy atom. The third kappa shape index (κ3) is 21.0. The number of para-hydroxylation sites is 1. The second kappa shape index (κ2) is 29.8. The molecule has 258 valence electrons. The van der Waals surface area contributed by atoms with Gasteiger partial charge in [-0.15, -0.1) is 0 Å². The summed E-state index contributed by atoms with van der Waals surface area (Å²) in [6.07, 6.45) is 48.7. The number of hydrogen-bond donors (Lipinski definition) is 0. The fourth-order valence-electron chi connectivity index (χ4n) is 7.06. The van der Waals surface area contributed by atoms with Crippen LogP contribution in [-0.4, -0.2) is 4.57 Å². The lowest BCUT2D eigenvalue weighted by molar-refractivity contribution is -0.704. The summed E-state index contributed by atoms with van der Waals surface area (Å²) in [6, 6.07) is 11.0. The fourth-order valence-corrected chi connectivity index (χ4v) is 7.06. The first kappa shape index (κ1) is 39.6. The molecule has 0 spiro atoms. The van der Waals surface area contributed by atoms with Gasteiger partial charge in [-0.1, -0.05) is 205 Å². The van der Waals surface area contributed by atoms with E-state index in [9.17, 15) is 0 Å². The Hall–Kier alpha value is -1.57. The van der Waals surface area contributed by atoms with Gasteiger partial charge in [0.15, 0.2) is 0 Å². The van der Waals surface area contributed by atoms with Crippen LogP contribution in [0.1, 0.15) is 212 Å². The zero-order chi connectivity index (χ0) is 31.9. The summed E-state index contributed by atoms with van der Waals surface area (Å²) in [6.45, 7) is 5.79. The van der Waals surface area contributed by atoms with Gasteiger partial charge in [-0.05, 0) is 31.4 Å². The molecule has 0 fully saturated rings. The van der Waals surface area contributed by atoms with Crippen LogP contribution in [-0.2, 0) is 13.0 Å². The average Bonchev–Trinajstić information content (AvgIpc) is 3.47. The quantitative estimate of drug-likeness (QED) is 0.0554. The molecule has 2 nitrogen and oxygen atoms in total. The molecule has 0 aliphatic carbocycles. The van der Waals surface area contributed by atoms with Crippen molar-refractivity contribution in [3.63, 3.8) is 0 Å². The van der Waals surface area contributed by atoms with E-state index in [-0.39, 0.29) is 0 Å². The number of imidazole rings is 1. The summed E-state index contributed by atoms with van der Waals surface area (Å²) in [7, 11) is 0. The van der Waals surface area contributed by atoms with E-state index in [2.05, 4.69) is 65.7 Å². The van der Waals surface area contributed by atoms with Crippen molar-refractivity contribution in [3.05, 3.63) is 48.5 Å². The van der Waals surface area contributed by atoms with E-state index in [1.165, 1.54) is 217 Å². The summed E-state index contributed by atoms with van der Waals surface area (Å²) < 4.78 is 5.02. The highest BCUT2D eigenvalue weighted by molar-refractivity contribution is 5.31. The number of aromatic nitrogens is 2. The summed E-state index contributed by atoms with van der Waals surface area (Å²) in [4.78, 5) is 0. The zero-order valence-electron chi connectivity index (χ0n) is 30.6. The van der Waals surface area contributed by atoms with E-state index in [1.807, 2.05) is 0 Å². The van der Waals surface area contributed by atoms with Crippen molar-refractivity contribution in [1.82, 2.24) is 4.57 Å². The van der Waals surface area contributed by atoms with Gasteiger partial charge in [-0.25, -0.2) is 4.57 Å². The molecule has 0 radical (unpaired) electrons. The number of nitrogens with zero attached hydrogens (tertiary/aromatic N) is 2. The molecule has 0 aliphatic rings. The third-order valence-electron chi connectivity index (χ3n) is 10.0. The molecular formula is C43H77N2+. The number of unbranched alkanes of at least 4 members (excludes halogenated alkanes) is 28. The van der Waals surface area contributed by atoms with Crippen LogP contribution < -0.4 is 4.57 Å². The van der Waals surface area contributed by atoms with Crippen molar-refractivity contribution in [2.24, 2.45) is 0 Å². The molecule has 0 saturated heterocycles. The largest absolute Gasteiger partial charge is 0.261 e. The minimum atomic E-state index is 1.17. The van der Waals surface area contributed by atoms with Crippen LogP contribution in [0, 0.1) is 0 Å². The molecule has 1 heterocycles. The first-order valence-electron chi connectivity index (χ1n) is 20.5. The lowest BCUT2D eigenvalue weighted by Crippen LogP contribution is -2.37. The van der Waals surface area contributed by atoms with Gasteiger partial charge < -0.3 is 0 Å². The first-order valence-corrected chi connectivity index (χ1v) is 20.5. The SMILES string of the molecule is CCCCCCCCCCCCCCCCCc1n(-c2ccccc2)cc[n+]1CCCCCCCCCCCCCCCCC. The minimum Gasteiger partial charge on any atom is -0.234 e. The molecule has 1 aromatic heterocycles. The number of rotatable bonds is 33. The predicted octanol–water partition coefficient (Wildman–Crippen LogP) is 14.1. The molecule has 0 amide bonds. The minimum absolute atomic E-state index is 1.17. The van der Waals surface area contributed by atoms with Crippen molar-refractivity contribution in [2.45, 2.75) is 219 Å². The monoisotopic (exact) mass is 622 g/mol. The fraction of sp³-hybridized carbons (Fsp3) is 0.791. The van der Waals surface area contributed by atoms with Crippen molar-refractivity contribution < 1.29 is 4.57 Å². The molecular weight excluding hydrogens is 544 g/mol. The topological polar surface area (TPSA) is 8.81 Å². The number of benzene rings is 1. The highest BCUT2D eigenvalue weighted by atomic mass is 15.1. The number of hydrogen-bond acceptors (Lipinski definition) is 0. The molecule has 1 aromatic carbocycles. The van der Waals surface area contributed by atoms with Crippen molar-refractivity contribution in [3.8, 4) is 5.69 Å². The smallest absolute Gasteiger partial charge is 0.234 e. The maximum Gasteiger partial charge on any atom is 0.261 e. The standard InChI is InChI=1S/C43H77N2/c1-3-5-7-9-11-13-15-17-19-21-23-25-27-29-34-38-43-44(40-41-45(43)42-36-32-31-33-37-42)39-35-30-28-26-24-22-20-18-16-14-12-10-8-6-4-2/h31-33,36-37,40-41H,3-30,34-35,38-39H2,1-2H3/q+1. The van der Waals surface area contributed by atoms with E-state index >= 15 is 0 Å². The van der Waals surface area contributed by atoms with E-state index in [0.717, 1.165) is 0 Å². The molecule has 2 heteroatoms. The molecule has 0 aliphatic heterocycles. The van der Waals surface area contributed by atoms with Gasteiger partial charge in [0.25, 0.3) is 5.82 Å². The van der Waals surface area contributed by atoms with Gasteiger partial charge in [0.2, 0.25) is 0 Å². The molecule has 0 unspecified atom stereocenters. The van der Waals surface area contributed by atoms with Crippen LogP contribution in [0.25, 0.3) is 5.69 Å². The van der Waals surface area contributed by atoms with E-state index < -0.39 is 0 Å². The van der Waals surface area contributed by atoms with E-state index in [4.69, 9.17) is 0 Å². The Labute approximate surface area is 282 Å². The summed E-state index contributed by atoms with van der Waals surface area (Å²) >= 11 is 0. The number of aryl methyl sites for hydroxylation is 1. The van der Waals surface area contributed by atoms with Crippen LogP contribution in [0.5, 0.6) is 0 Å². The van der Waals surface area contributed by atoms with E-state index in [0.29, 0.717) is 0 Å². The summed E-state index contributed by atoms with van der Waals surface area (Å²) in [5.41, 5.74) is 1.31. The Morgan fingerprint density at radius 2 is 0.778 bits per heavy atom. The normalized spacial score (nSPS) is 11.5. The van der Waals surface area contributed by atoms with Gasteiger partial charge in [-0.2, -0.15) is 4.57 Å². The van der Waals surface area contributed by atoms with E-state index in [1.54, 1.807) is 0 Å². The molecule has 0 bridgehead atoms. The van der Waals surface area contributed by atoms with Gasteiger partial charge in [0, 0.05) is 6.42 Å². The summed E-state index contributed by atoms with van der Waals surface area (Å²) in [5.74, 6) is 1.50. The second-order valence-corrected chi connectivity index (χ2v) is 14.3. The maximum atomic E-state index is 2.57. The second-order valence-electron chi connectivity index (χ2n) is 14.3. The average molecular weight is 622 g/mol. The van der Waals surface area contributed by atoms with Crippen molar-refractivity contribution in [1.29, 1.82) is 0 Å². The Morgan fingerprint density at radius 1 is 0.422 bits per heavy atom. The molecule has 0 atom stereocenters. The third-order valence-corrected chi connectivity index (χ3v) is 10.0. The zero-order valence-corrected chi connectivity index (χ0v) is 30.6. The molecule has 2 aromatic rings. The highest BCUT2D eigenvalue weighted by Crippen LogP contribution is 2.17. The Bertz CT molecular complexity index is 869. The van der Waals surface area contributed by atoms with Crippen LogP contribution in [0.3, 0.4) is 0 Å². The first-order chi connectivity index (χ1) is 22.4. The molecule has 2 rings (SSSR count). The van der Waals surface area contributed by atoms with Crippen LogP contribution in [0.15, 0.2) is 42.7 Å². The Kier molecular flexibility index (Phi) is 26.2. The van der Waals surface area contributed by atoms with Crippen LogP contribution >= 0.6 is 0 Å².